The molecule has 118 valence electrons. The first-order valence-electron chi connectivity index (χ1n) is 7.70. The fourth-order valence-electron chi connectivity index (χ4n) is 2.58. The fraction of sp³-hybridized carbons (Fsp3) is 0.211. The number of hydrogen-bond acceptors (Lipinski definition) is 4. The largest absolute Gasteiger partial charge is 0.497 e. The van der Waals surface area contributed by atoms with Crippen molar-refractivity contribution in [1.82, 2.24) is 4.98 Å². The average Bonchev–Trinajstić information content (AvgIpc) is 2.61. The summed E-state index contributed by atoms with van der Waals surface area (Å²) in [5.41, 5.74) is 2.69. The van der Waals surface area contributed by atoms with Crippen molar-refractivity contribution in [2.45, 2.75) is 19.4 Å². The molecule has 0 amide bonds. The minimum atomic E-state index is -0.501. The molecule has 1 unspecified atom stereocenters. The number of rotatable bonds is 5. The zero-order valence-corrected chi connectivity index (χ0v) is 13.3. The molecule has 23 heavy (non-hydrogen) atoms. The van der Waals surface area contributed by atoms with Crippen molar-refractivity contribution >= 4 is 22.4 Å². The van der Waals surface area contributed by atoms with Crippen LogP contribution in [0.4, 0.5) is 11.5 Å². The summed E-state index contributed by atoms with van der Waals surface area (Å²) in [5.74, 6) is 1.53. The van der Waals surface area contributed by atoms with E-state index in [4.69, 9.17) is 4.74 Å². The van der Waals surface area contributed by atoms with Crippen LogP contribution in [0.25, 0.3) is 10.9 Å². The van der Waals surface area contributed by atoms with Crippen LogP contribution in [0.1, 0.15) is 25.0 Å². The molecule has 0 aliphatic rings. The van der Waals surface area contributed by atoms with Crippen LogP contribution in [0.15, 0.2) is 54.6 Å². The topological polar surface area (TPSA) is 54.4 Å². The molecule has 0 aliphatic heterocycles. The molecule has 2 N–H and O–H groups in total. The first kappa shape index (κ1) is 15.3. The molecule has 0 radical (unpaired) electrons. The van der Waals surface area contributed by atoms with Crippen LogP contribution in [0.2, 0.25) is 0 Å². The third-order valence-electron chi connectivity index (χ3n) is 3.86. The minimum absolute atomic E-state index is 0.501. The lowest BCUT2D eigenvalue weighted by molar-refractivity contribution is 0.175. The number of anilines is 2. The van der Waals surface area contributed by atoms with Gasteiger partial charge < -0.3 is 15.2 Å². The van der Waals surface area contributed by atoms with Crippen molar-refractivity contribution < 1.29 is 9.84 Å². The van der Waals surface area contributed by atoms with Crippen molar-refractivity contribution in [1.29, 1.82) is 0 Å². The summed E-state index contributed by atoms with van der Waals surface area (Å²) >= 11 is 0. The molecule has 0 saturated heterocycles. The number of nitrogens with zero attached hydrogens (tertiary/aromatic N) is 1. The van der Waals surface area contributed by atoms with E-state index in [1.807, 2.05) is 61.5 Å². The molecule has 3 rings (SSSR count). The Kier molecular flexibility index (Phi) is 4.44. The van der Waals surface area contributed by atoms with Gasteiger partial charge in [-0.1, -0.05) is 25.1 Å². The van der Waals surface area contributed by atoms with E-state index in [0.717, 1.165) is 33.7 Å². The highest BCUT2D eigenvalue weighted by Crippen LogP contribution is 2.29. The van der Waals surface area contributed by atoms with Gasteiger partial charge in [0.25, 0.3) is 0 Å². The Hall–Kier alpha value is -2.59. The van der Waals surface area contributed by atoms with Gasteiger partial charge in [0.1, 0.15) is 11.6 Å². The molecule has 0 spiro atoms. The van der Waals surface area contributed by atoms with Crippen molar-refractivity contribution in [2.24, 2.45) is 0 Å². The van der Waals surface area contributed by atoms with Gasteiger partial charge in [0.15, 0.2) is 0 Å². The van der Waals surface area contributed by atoms with Crippen LogP contribution in [-0.2, 0) is 0 Å². The van der Waals surface area contributed by atoms with Crippen LogP contribution in [-0.4, -0.2) is 17.2 Å². The van der Waals surface area contributed by atoms with Crippen molar-refractivity contribution in [2.75, 3.05) is 12.4 Å². The fourth-order valence-corrected chi connectivity index (χ4v) is 2.58. The maximum absolute atomic E-state index is 10.3. The van der Waals surface area contributed by atoms with Gasteiger partial charge in [-0.3, -0.25) is 0 Å². The summed E-state index contributed by atoms with van der Waals surface area (Å²) in [4.78, 5) is 4.64. The minimum Gasteiger partial charge on any atom is -0.497 e. The van der Waals surface area contributed by atoms with Gasteiger partial charge in [0.05, 0.1) is 18.7 Å². The predicted molar refractivity (Wildman–Crippen MR) is 93.3 cm³/mol. The highest BCUT2D eigenvalue weighted by Gasteiger charge is 2.12. The smallest absolute Gasteiger partial charge is 0.131 e. The van der Waals surface area contributed by atoms with E-state index >= 15 is 0 Å². The number of aromatic nitrogens is 1. The maximum atomic E-state index is 10.3. The van der Waals surface area contributed by atoms with E-state index in [9.17, 15) is 5.11 Å². The average molecular weight is 308 g/mol. The third kappa shape index (κ3) is 3.27. The number of para-hydroxylation sites is 1. The first-order valence-corrected chi connectivity index (χ1v) is 7.70. The number of aliphatic hydroxyl groups is 1. The Morgan fingerprint density at radius 2 is 1.87 bits per heavy atom. The zero-order valence-electron chi connectivity index (χ0n) is 13.3. The Morgan fingerprint density at radius 3 is 2.57 bits per heavy atom. The van der Waals surface area contributed by atoms with Crippen molar-refractivity contribution in [3.63, 3.8) is 0 Å². The van der Waals surface area contributed by atoms with E-state index in [1.165, 1.54) is 0 Å². The van der Waals surface area contributed by atoms with Crippen LogP contribution in [0, 0.1) is 0 Å². The van der Waals surface area contributed by atoms with Gasteiger partial charge in [-0.25, -0.2) is 4.98 Å². The van der Waals surface area contributed by atoms with E-state index in [-0.39, 0.29) is 0 Å². The lowest BCUT2D eigenvalue weighted by Crippen LogP contribution is -2.01. The number of fused-ring (bicyclic) bond motifs is 1. The third-order valence-corrected chi connectivity index (χ3v) is 3.86. The predicted octanol–water partition coefficient (Wildman–Crippen LogP) is 4.43. The number of pyridine rings is 1. The summed E-state index contributed by atoms with van der Waals surface area (Å²) in [5, 5.41) is 14.6. The molecule has 4 heteroatoms. The summed E-state index contributed by atoms with van der Waals surface area (Å²) in [7, 11) is 1.64. The number of nitrogens with one attached hydrogen (secondary N) is 1. The van der Waals surface area contributed by atoms with E-state index < -0.39 is 6.10 Å². The van der Waals surface area contributed by atoms with Crippen molar-refractivity contribution in [3.8, 4) is 5.75 Å². The summed E-state index contributed by atoms with van der Waals surface area (Å²) in [6.45, 7) is 1.97. The number of aliphatic hydroxyl groups excluding tert-OH is 1. The van der Waals surface area contributed by atoms with Gasteiger partial charge in [-0.2, -0.15) is 0 Å². The second-order valence-corrected chi connectivity index (χ2v) is 5.39. The molecule has 2 aromatic carbocycles. The molecule has 1 aromatic heterocycles. The summed E-state index contributed by atoms with van der Waals surface area (Å²) in [6, 6.07) is 17.4. The number of methoxy groups -OCH3 is 1. The SMILES string of the molecule is CCC(O)c1cc(Nc2ccc(OC)cc2)nc2ccccc12. The van der Waals surface area contributed by atoms with Crippen molar-refractivity contribution in [3.05, 3.63) is 60.2 Å². The standard InChI is InChI=1S/C19H20N2O2/c1-3-18(22)16-12-19(21-17-7-5-4-6-15(16)17)20-13-8-10-14(23-2)11-9-13/h4-12,18,22H,3H2,1-2H3,(H,20,21). The van der Waals surface area contributed by atoms with Gasteiger partial charge >= 0.3 is 0 Å². The van der Waals surface area contributed by atoms with Crippen LogP contribution in [0.5, 0.6) is 5.75 Å². The molecule has 0 aliphatic carbocycles. The Labute approximate surface area is 135 Å². The van der Waals surface area contributed by atoms with E-state index in [2.05, 4.69) is 10.3 Å². The van der Waals surface area contributed by atoms with Crippen LogP contribution < -0.4 is 10.1 Å². The molecular formula is C19H20N2O2. The van der Waals surface area contributed by atoms with E-state index in [0.29, 0.717) is 6.42 Å². The number of benzene rings is 2. The lowest BCUT2D eigenvalue weighted by atomic mass is 10.0. The molecule has 1 atom stereocenters. The number of hydrogen-bond donors (Lipinski definition) is 2. The van der Waals surface area contributed by atoms with Crippen LogP contribution >= 0.6 is 0 Å². The molecule has 0 fully saturated rings. The second-order valence-electron chi connectivity index (χ2n) is 5.39. The Bertz CT molecular complexity index is 800. The maximum Gasteiger partial charge on any atom is 0.131 e. The Morgan fingerprint density at radius 1 is 1.13 bits per heavy atom. The molecular weight excluding hydrogens is 288 g/mol. The van der Waals surface area contributed by atoms with Crippen LogP contribution in [0.3, 0.4) is 0 Å². The highest BCUT2D eigenvalue weighted by molar-refractivity contribution is 5.85. The van der Waals surface area contributed by atoms with Gasteiger partial charge in [-0.05, 0) is 48.4 Å². The lowest BCUT2D eigenvalue weighted by Gasteiger charge is -2.14. The molecule has 3 aromatic rings. The molecule has 4 nitrogen and oxygen atoms in total. The zero-order chi connectivity index (χ0) is 16.2. The normalized spacial score (nSPS) is 12.1. The quantitative estimate of drug-likeness (QED) is 0.732. The monoisotopic (exact) mass is 308 g/mol. The number of ether oxygens (including phenoxy) is 1. The van der Waals surface area contributed by atoms with E-state index in [1.54, 1.807) is 7.11 Å². The molecule has 0 saturated carbocycles. The highest BCUT2D eigenvalue weighted by atomic mass is 16.5. The summed E-state index contributed by atoms with van der Waals surface area (Å²) in [6.07, 6.45) is 0.162. The Balaban J connectivity index is 1.99. The van der Waals surface area contributed by atoms with Gasteiger partial charge in [-0.15, -0.1) is 0 Å². The van der Waals surface area contributed by atoms with Gasteiger partial charge in [0, 0.05) is 11.1 Å². The molecule has 0 bridgehead atoms. The molecule has 1 heterocycles. The second kappa shape index (κ2) is 6.67. The van der Waals surface area contributed by atoms with Gasteiger partial charge in [0.2, 0.25) is 0 Å². The summed E-state index contributed by atoms with van der Waals surface area (Å²) < 4.78 is 5.17. The first-order chi connectivity index (χ1) is 11.2.